The van der Waals surface area contributed by atoms with E-state index in [0.29, 0.717) is 0 Å². The number of nitrogens with one attached hydrogen (secondary N) is 1. The average molecular weight is 229 g/mol. The number of anilines is 1. The zero-order chi connectivity index (χ0) is 11.7. The van der Waals surface area contributed by atoms with Gasteiger partial charge in [-0.05, 0) is 47.5 Å². The normalized spacial score (nSPS) is 14.6. The number of aromatic nitrogens is 4. The lowest BCUT2D eigenvalue weighted by molar-refractivity contribution is -0.117. The highest BCUT2D eigenvalue weighted by Gasteiger charge is 2.29. The lowest BCUT2D eigenvalue weighted by Crippen LogP contribution is -2.13. The summed E-state index contributed by atoms with van der Waals surface area (Å²) in [5.41, 5.74) is 1.66. The molecule has 6 heteroatoms. The molecule has 1 N–H and O–H groups in total. The van der Waals surface area contributed by atoms with E-state index in [0.717, 1.165) is 24.2 Å². The summed E-state index contributed by atoms with van der Waals surface area (Å²) >= 11 is 0. The van der Waals surface area contributed by atoms with Crippen molar-refractivity contribution in [1.82, 2.24) is 20.2 Å². The van der Waals surface area contributed by atoms with Crippen LogP contribution in [0.5, 0.6) is 0 Å². The number of tetrazole rings is 1. The van der Waals surface area contributed by atoms with Gasteiger partial charge in [-0.1, -0.05) is 0 Å². The molecule has 0 unspecified atom stereocenters. The Morgan fingerprint density at radius 2 is 2.06 bits per heavy atom. The highest BCUT2D eigenvalue weighted by molar-refractivity contribution is 5.94. The summed E-state index contributed by atoms with van der Waals surface area (Å²) in [6.45, 7) is 0. The maximum absolute atomic E-state index is 11.5. The van der Waals surface area contributed by atoms with Crippen molar-refractivity contribution >= 4 is 11.6 Å². The molecule has 0 aliphatic heterocycles. The molecule has 6 nitrogen and oxygen atoms in total. The third-order valence-electron chi connectivity index (χ3n) is 2.70. The van der Waals surface area contributed by atoms with Crippen LogP contribution >= 0.6 is 0 Å². The fourth-order valence-corrected chi connectivity index (χ4v) is 1.57. The molecular formula is C11H11N5O. The molecular weight excluding hydrogens is 218 g/mol. The molecule has 2 aromatic rings. The first-order valence-corrected chi connectivity index (χ1v) is 5.47. The minimum Gasteiger partial charge on any atom is -0.326 e. The van der Waals surface area contributed by atoms with Gasteiger partial charge in [-0.2, -0.15) is 0 Å². The molecule has 1 aliphatic rings. The Labute approximate surface area is 97.6 Å². The molecule has 1 amide bonds. The number of hydrogen-bond donors (Lipinski definition) is 1. The molecule has 1 saturated carbocycles. The summed E-state index contributed by atoms with van der Waals surface area (Å²) in [5, 5.41) is 13.8. The van der Waals surface area contributed by atoms with Crippen molar-refractivity contribution in [1.29, 1.82) is 0 Å². The van der Waals surface area contributed by atoms with Crippen LogP contribution in [0.15, 0.2) is 30.6 Å². The summed E-state index contributed by atoms with van der Waals surface area (Å²) in [5.74, 6) is 0.328. The van der Waals surface area contributed by atoms with Crippen LogP contribution in [-0.2, 0) is 4.79 Å². The minimum absolute atomic E-state index is 0.111. The average Bonchev–Trinajstić information content (AvgIpc) is 3.07. The van der Waals surface area contributed by atoms with Crippen LogP contribution in [0.2, 0.25) is 0 Å². The van der Waals surface area contributed by atoms with E-state index in [9.17, 15) is 4.79 Å². The zero-order valence-electron chi connectivity index (χ0n) is 9.08. The summed E-state index contributed by atoms with van der Waals surface area (Å²) in [6, 6.07) is 7.41. The van der Waals surface area contributed by atoms with Crippen molar-refractivity contribution in [2.24, 2.45) is 5.92 Å². The van der Waals surface area contributed by atoms with E-state index in [2.05, 4.69) is 20.8 Å². The molecule has 86 valence electrons. The van der Waals surface area contributed by atoms with Gasteiger partial charge in [-0.15, -0.1) is 5.10 Å². The lowest BCUT2D eigenvalue weighted by atomic mass is 10.2. The Kier molecular flexibility index (Phi) is 2.32. The van der Waals surface area contributed by atoms with E-state index in [1.165, 1.54) is 6.33 Å². The van der Waals surface area contributed by atoms with E-state index in [4.69, 9.17) is 0 Å². The van der Waals surface area contributed by atoms with Gasteiger partial charge in [-0.3, -0.25) is 4.79 Å². The first kappa shape index (κ1) is 9.95. The largest absolute Gasteiger partial charge is 0.326 e. The molecule has 0 bridgehead atoms. The molecule has 0 saturated heterocycles. The van der Waals surface area contributed by atoms with E-state index in [1.807, 2.05) is 24.3 Å². The van der Waals surface area contributed by atoms with Gasteiger partial charge in [-0.25, -0.2) is 4.68 Å². The van der Waals surface area contributed by atoms with Crippen LogP contribution < -0.4 is 5.32 Å². The van der Waals surface area contributed by atoms with Crippen molar-refractivity contribution in [3.8, 4) is 5.69 Å². The van der Waals surface area contributed by atoms with Crippen molar-refractivity contribution in [3.05, 3.63) is 30.6 Å². The number of benzene rings is 1. The Morgan fingerprint density at radius 1 is 1.29 bits per heavy atom. The Bertz CT molecular complexity index is 515. The Morgan fingerprint density at radius 3 is 2.65 bits per heavy atom. The second kappa shape index (κ2) is 3.97. The minimum atomic E-state index is 0.111. The molecule has 1 heterocycles. The number of rotatable bonds is 3. The molecule has 1 aromatic heterocycles. The number of carbonyl (C=O) groups excluding carboxylic acids is 1. The highest BCUT2D eigenvalue weighted by atomic mass is 16.2. The van der Waals surface area contributed by atoms with Gasteiger partial charge in [0.25, 0.3) is 0 Å². The van der Waals surface area contributed by atoms with Gasteiger partial charge < -0.3 is 5.32 Å². The summed E-state index contributed by atoms with van der Waals surface area (Å²) < 4.78 is 1.56. The molecule has 1 fully saturated rings. The number of nitrogens with zero attached hydrogens (tertiary/aromatic N) is 4. The fraction of sp³-hybridized carbons (Fsp3) is 0.273. The highest BCUT2D eigenvalue weighted by Crippen LogP contribution is 2.30. The van der Waals surface area contributed by atoms with Gasteiger partial charge in [0.1, 0.15) is 6.33 Å². The first-order chi connectivity index (χ1) is 8.33. The zero-order valence-corrected chi connectivity index (χ0v) is 9.08. The van der Waals surface area contributed by atoms with Gasteiger partial charge in [0, 0.05) is 11.6 Å². The van der Waals surface area contributed by atoms with Gasteiger partial charge in [0.2, 0.25) is 5.91 Å². The van der Waals surface area contributed by atoms with E-state index in [-0.39, 0.29) is 11.8 Å². The second-order valence-corrected chi connectivity index (χ2v) is 4.06. The van der Waals surface area contributed by atoms with Crippen molar-refractivity contribution in [2.45, 2.75) is 12.8 Å². The number of amides is 1. The van der Waals surface area contributed by atoms with E-state index < -0.39 is 0 Å². The Balaban J connectivity index is 1.73. The quantitative estimate of drug-likeness (QED) is 0.852. The van der Waals surface area contributed by atoms with Gasteiger partial charge >= 0.3 is 0 Å². The van der Waals surface area contributed by atoms with Crippen LogP contribution in [0.3, 0.4) is 0 Å². The predicted octanol–water partition coefficient (Wildman–Crippen LogP) is 1.01. The third-order valence-corrected chi connectivity index (χ3v) is 2.70. The first-order valence-electron chi connectivity index (χ1n) is 5.47. The SMILES string of the molecule is O=C(Nc1ccc(-n2cnnn2)cc1)C1CC1. The maximum Gasteiger partial charge on any atom is 0.227 e. The van der Waals surface area contributed by atoms with Crippen molar-refractivity contribution in [3.63, 3.8) is 0 Å². The fourth-order valence-electron chi connectivity index (χ4n) is 1.57. The predicted molar refractivity (Wildman–Crippen MR) is 60.5 cm³/mol. The third kappa shape index (κ3) is 2.15. The van der Waals surface area contributed by atoms with E-state index >= 15 is 0 Å². The molecule has 0 spiro atoms. The van der Waals surface area contributed by atoms with Crippen LogP contribution in [0.25, 0.3) is 5.69 Å². The molecule has 1 aliphatic carbocycles. The number of carbonyl (C=O) groups is 1. The molecule has 3 rings (SSSR count). The van der Waals surface area contributed by atoms with Crippen molar-refractivity contribution < 1.29 is 4.79 Å². The molecule has 1 aromatic carbocycles. The summed E-state index contributed by atoms with van der Waals surface area (Å²) in [4.78, 5) is 11.5. The molecule has 0 radical (unpaired) electrons. The summed E-state index contributed by atoms with van der Waals surface area (Å²) in [6.07, 6.45) is 3.54. The lowest BCUT2D eigenvalue weighted by Gasteiger charge is -2.05. The molecule has 17 heavy (non-hydrogen) atoms. The van der Waals surface area contributed by atoms with E-state index in [1.54, 1.807) is 4.68 Å². The van der Waals surface area contributed by atoms with Gasteiger partial charge in [0.15, 0.2) is 0 Å². The second-order valence-electron chi connectivity index (χ2n) is 4.06. The standard InChI is InChI=1S/C11H11N5O/c17-11(8-1-2-8)13-9-3-5-10(6-4-9)16-7-12-14-15-16/h3-8H,1-2H2,(H,13,17). The van der Waals surface area contributed by atoms with Crippen LogP contribution in [0.1, 0.15) is 12.8 Å². The topological polar surface area (TPSA) is 72.7 Å². The van der Waals surface area contributed by atoms with Crippen LogP contribution in [-0.4, -0.2) is 26.1 Å². The van der Waals surface area contributed by atoms with Crippen LogP contribution in [0.4, 0.5) is 5.69 Å². The van der Waals surface area contributed by atoms with Crippen LogP contribution in [0, 0.1) is 5.92 Å². The smallest absolute Gasteiger partial charge is 0.227 e. The van der Waals surface area contributed by atoms with Gasteiger partial charge in [0.05, 0.1) is 5.69 Å². The number of hydrogen-bond acceptors (Lipinski definition) is 4. The monoisotopic (exact) mass is 229 g/mol. The van der Waals surface area contributed by atoms with Crippen molar-refractivity contribution in [2.75, 3.05) is 5.32 Å². The Hall–Kier alpha value is -2.24. The summed E-state index contributed by atoms with van der Waals surface area (Å²) in [7, 11) is 0. The maximum atomic E-state index is 11.5. The molecule has 0 atom stereocenters.